The first-order valence-electron chi connectivity index (χ1n) is 4.60. The van der Waals surface area contributed by atoms with Gasteiger partial charge >= 0.3 is 6.03 Å². The van der Waals surface area contributed by atoms with Crippen molar-refractivity contribution in [1.29, 1.82) is 0 Å². The summed E-state index contributed by atoms with van der Waals surface area (Å²) in [6.45, 7) is -0.193. The van der Waals surface area contributed by atoms with Gasteiger partial charge in [0.15, 0.2) is 0 Å². The molecule has 6 heteroatoms. The molecule has 3 amide bonds. The molecule has 1 aliphatic rings. The molecule has 0 unspecified atom stereocenters. The van der Waals surface area contributed by atoms with E-state index in [0.717, 1.165) is 4.90 Å². The highest BCUT2D eigenvalue weighted by Gasteiger charge is 2.29. The normalized spacial score (nSPS) is 15.5. The summed E-state index contributed by atoms with van der Waals surface area (Å²) in [6.07, 6.45) is 0. The summed E-state index contributed by atoms with van der Waals surface area (Å²) >= 11 is 5.79. The topological polar surface area (TPSA) is 49.4 Å². The Labute approximate surface area is 96.0 Å². The van der Waals surface area contributed by atoms with Gasteiger partial charge < -0.3 is 5.32 Å². The van der Waals surface area contributed by atoms with Crippen LogP contribution in [-0.4, -0.2) is 23.4 Å². The second kappa shape index (κ2) is 4.09. The molecule has 1 heterocycles. The van der Waals surface area contributed by atoms with E-state index < -0.39 is 11.8 Å². The number of rotatable bonds is 2. The van der Waals surface area contributed by atoms with E-state index in [2.05, 4.69) is 5.32 Å². The number of imide groups is 1. The number of benzene rings is 1. The van der Waals surface area contributed by atoms with Gasteiger partial charge in [-0.2, -0.15) is 0 Å². The highest BCUT2D eigenvalue weighted by atomic mass is 35.5. The Kier molecular flexibility index (Phi) is 2.78. The Morgan fingerprint density at radius 1 is 1.44 bits per heavy atom. The number of carbonyl (C=O) groups is 2. The molecule has 4 nitrogen and oxygen atoms in total. The molecule has 0 aromatic heterocycles. The number of nitrogens with one attached hydrogen (secondary N) is 1. The second-order valence-electron chi connectivity index (χ2n) is 3.34. The van der Waals surface area contributed by atoms with Crippen molar-refractivity contribution in [2.75, 3.05) is 6.54 Å². The largest absolute Gasteiger partial charge is 0.329 e. The molecule has 0 saturated carbocycles. The molecular formula is C10H8ClFN2O2. The Bertz CT molecular complexity index is 428. The molecule has 1 aliphatic heterocycles. The van der Waals surface area contributed by atoms with E-state index in [4.69, 9.17) is 11.6 Å². The fourth-order valence-electron chi connectivity index (χ4n) is 1.46. The molecule has 84 valence electrons. The first-order chi connectivity index (χ1) is 7.59. The van der Waals surface area contributed by atoms with Crippen LogP contribution in [0.4, 0.5) is 9.18 Å². The van der Waals surface area contributed by atoms with Crippen LogP contribution in [0.3, 0.4) is 0 Å². The van der Waals surface area contributed by atoms with Crippen LogP contribution in [0.5, 0.6) is 0 Å². The minimum atomic E-state index is -0.528. The van der Waals surface area contributed by atoms with Crippen LogP contribution >= 0.6 is 11.6 Å². The molecule has 1 aromatic rings. The number of nitrogens with zero attached hydrogens (tertiary/aromatic N) is 1. The average molecular weight is 243 g/mol. The number of halogens is 2. The number of carbonyl (C=O) groups excluding carboxylic acids is 2. The molecule has 16 heavy (non-hydrogen) atoms. The molecule has 0 bridgehead atoms. The van der Waals surface area contributed by atoms with Crippen LogP contribution in [0.15, 0.2) is 18.2 Å². The van der Waals surface area contributed by atoms with E-state index in [9.17, 15) is 14.0 Å². The van der Waals surface area contributed by atoms with Gasteiger partial charge in [-0.05, 0) is 12.1 Å². The van der Waals surface area contributed by atoms with Gasteiger partial charge in [0.25, 0.3) is 0 Å². The summed E-state index contributed by atoms with van der Waals surface area (Å²) in [7, 11) is 0. The molecule has 1 fully saturated rings. The molecule has 0 atom stereocenters. The first kappa shape index (κ1) is 10.9. The standard InChI is InChI=1S/C10H8ClFN2O2/c11-7-2-1-3-8(12)6(7)5-14-9(15)4-13-10(14)16/h1-3H,4-5H2,(H,13,16). The van der Waals surface area contributed by atoms with Gasteiger partial charge in [-0.25, -0.2) is 9.18 Å². The van der Waals surface area contributed by atoms with Crippen molar-refractivity contribution in [2.24, 2.45) is 0 Å². The first-order valence-corrected chi connectivity index (χ1v) is 4.98. The molecular weight excluding hydrogens is 235 g/mol. The summed E-state index contributed by atoms with van der Waals surface area (Å²) in [5, 5.41) is 2.55. The van der Waals surface area contributed by atoms with Gasteiger partial charge in [0.2, 0.25) is 5.91 Å². The maximum absolute atomic E-state index is 13.4. The van der Waals surface area contributed by atoms with Gasteiger partial charge in [0.1, 0.15) is 5.82 Å². The number of hydrogen-bond donors (Lipinski definition) is 1. The lowest BCUT2D eigenvalue weighted by atomic mass is 10.2. The highest BCUT2D eigenvalue weighted by Crippen LogP contribution is 2.21. The predicted molar refractivity (Wildman–Crippen MR) is 55.4 cm³/mol. The predicted octanol–water partition coefficient (Wildman–Crippen LogP) is 1.53. The average Bonchev–Trinajstić information content (AvgIpc) is 2.54. The third-order valence-electron chi connectivity index (χ3n) is 2.31. The van der Waals surface area contributed by atoms with Crippen molar-refractivity contribution in [1.82, 2.24) is 10.2 Å². The Balaban J connectivity index is 2.27. The zero-order chi connectivity index (χ0) is 11.7. The van der Waals surface area contributed by atoms with Gasteiger partial charge in [-0.1, -0.05) is 17.7 Å². The zero-order valence-electron chi connectivity index (χ0n) is 8.17. The Morgan fingerprint density at radius 3 is 2.75 bits per heavy atom. The minimum absolute atomic E-state index is 0.0507. The van der Waals surface area contributed by atoms with Crippen LogP contribution < -0.4 is 5.32 Å². The van der Waals surface area contributed by atoms with Crippen LogP contribution in [0.2, 0.25) is 5.02 Å². The van der Waals surface area contributed by atoms with Crippen molar-refractivity contribution in [3.63, 3.8) is 0 Å². The van der Waals surface area contributed by atoms with Crippen LogP contribution in [0.1, 0.15) is 5.56 Å². The zero-order valence-corrected chi connectivity index (χ0v) is 8.92. The monoisotopic (exact) mass is 242 g/mol. The van der Waals surface area contributed by atoms with E-state index in [1.165, 1.54) is 18.2 Å². The van der Waals surface area contributed by atoms with Crippen LogP contribution in [0, 0.1) is 5.82 Å². The van der Waals surface area contributed by atoms with E-state index in [1.54, 1.807) is 0 Å². The third kappa shape index (κ3) is 1.86. The lowest BCUT2D eigenvalue weighted by Crippen LogP contribution is -2.30. The van der Waals surface area contributed by atoms with Gasteiger partial charge in [0, 0.05) is 10.6 Å². The fraction of sp³-hybridized carbons (Fsp3) is 0.200. The highest BCUT2D eigenvalue weighted by molar-refractivity contribution is 6.31. The van der Waals surface area contributed by atoms with E-state index in [-0.39, 0.29) is 29.6 Å². The lowest BCUT2D eigenvalue weighted by molar-refractivity contribution is -0.125. The summed E-state index contributed by atoms with van der Waals surface area (Å²) < 4.78 is 13.4. The van der Waals surface area contributed by atoms with Gasteiger partial charge in [-0.3, -0.25) is 9.69 Å². The van der Waals surface area contributed by atoms with Crippen molar-refractivity contribution in [3.8, 4) is 0 Å². The molecule has 1 aromatic carbocycles. The maximum Gasteiger partial charge on any atom is 0.324 e. The number of hydrogen-bond acceptors (Lipinski definition) is 2. The van der Waals surface area contributed by atoms with Crippen molar-refractivity contribution in [2.45, 2.75) is 6.54 Å². The minimum Gasteiger partial charge on any atom is -0.329 e. The molecule has 0 radical (unpaired) electrons. The maximum atomic E-state index is 13.4. The molecule has 2 rings (SSSR count). The van der Waals surface area contributed by atoms with Crippen molar-refractivity contribution in [3.05, 3.63) is 34.6 Å². The van der Waals surface area contributed by atoms with Crippen molar-refractivity contribution >= 4 is 23.5 Å². The van der Waals surface area contributed by atoms with E-state index in [1.807, 2.05) is 0 Å². The van der Waals surface area contributed by atoms with E-state index in [0.29, 0.717) is 0 Å². The van der Waals surface area contributed by atoms with E-state index >= 15 is 0 Å². The summed E-state index contributed by atoms with van der Waals surface area (Å²) in [6, 6.07) is 3.69. The Morgan fingerprint density at radius 2 is 2.19 bits per heavy atom. The summed E-state index contributed by atoms with van der Waals surface area (Å²) in [4.78, 5) is 23.5. The fourth-order valence-corrected chi connectivity index (χ4v) is 1.68. The van der Waals surface area contributed by atoms with Crippen molar-refractivity contribution < 1.29 is 14.0 Å². The molecule has 1 saturated heterocycles. The summed E-state index contributed by atoms with van der Waals surface area (Å²) in [5.74, 6) is -0.913. The SMILES string of the molecule is O=C1CNC(=O)N1Cc1c(F)cccc1Cl. The summed E-state index contributed by atoms with van der Waals surface area (Å²) in [5.41, 5.74) is 0.148. The van der Waals surface area contributed by atoms with Gasteiger partial charge in [-0.15, -0.1) is 0 Å². The van der Waals surface area contributed by atoms with Crippen LogP contribution in [-0.2, 0) is 11.3 Å². The van der Waals surface area contributed by atoms with Crippen LogP contribution in [0.25, 0.3) is 0 Å². The number of urea groups is 1. The lowest BCUT2D eigenvalue weighted by Gasteiger charge is -2.13. The molecule has 0 spiro atoms. The molecule has 0 aliphatic carbocycles. The van der Waals surface area contributed by atoms with Gasteiger partial charge in [0.05, 0.1) is 13.1 Å². The Hall–Kier alpha value is -1.62. The smallest absolute Gasteiger partial charge is 0.324 e. The second-order valence-corrected chi connectivity index (χ2v) is 3.75. The molecule has 1 N–H and O–H groups in total. The number of amides is 3. The third-order valence-corrected chi connectivity index (χ3v) is 2.67. The quantitative estimate of drug-likeness (QED) is 0.800.